The first-order chi connectivity index (χ1) is 8.66. The number of benzene rings is 1. The van der Waals surface area contributed by atoms with Crippen LogP contribution in [0.15, 0.2) is 24.3 Å². The number of nitrogens with two attached hydrogens (primary N) is 1. The van der Waals surface area contributed by atoms with Gasteiger partial charge < -0.3 is 5.73 Å². The average molecular weight is 245 g/mol. The maximum atomic E-state index is 12.5. The van der Waals surface area contributed by atoms with Crippen molar-refractivity contribution in [3.63, 3.8) is 0 Å². The Balaban J connectivity index is 2.07. The standard InChI is InChI=1S/C16H23NO/c1-13-5-7-14(8-6-13)11-15(18)16(12-17)9-3-2-4-10-16/h5-8H,2-4,9-12,17H2,1H3. The minimum absolute atomic E-state index is 0.233. The highest BCUT2D eigenvalue weighted by molar-refractivity contribution is 5.87. The third-order valence-electron chi connectivity index (χ3n) is 4.28. The Labute approximate surface area is 110 Å². The fraction of sp³-hybridized carbons (Fsp3) is 0.562. The first-order valence-corrected chi connectivity index (χ1v) is 6.95. The molecule has 1 aliphatic rings. The molecule has 0 spiro atoms. The van der Waals surface area contributed by atoms with E-state index in [1.165, 1.54) is 12.0 Å². The molecule has 0 atom stereocenters. The molecular formula is C16H23NO. The van der Waals surface area contributed by atoms with E-state index in [1.807, 2.05) is 0 Å². The highest BCUT2D eigenvalue weighted by Gasteiger charge is 2.37. The highest BCUT2D eigenvalue weighted by Crippen LogP contribution is 2.37. The number of carbonyl (C=O) groups is 1. The zero-order valence-electron chi connectivity index (χ0n) is 11.2. The molecule has 18 heavy (non-hydrogen) atoms. The molecule has 2 N–H and O–H groups in total. The van der Waals surface area contributed by atoms with E-state index in [0.29, 0.717) is 18.7 Å². The molecule has 0 bridgehead atoms. The van der Waals surface area contributed by atoms with E-state index < -0.39 is 0 Å². The number of carbonyl (C=O) groups excluding carboxylic acids is 1. The summed E-state index contributed by atoms with van der Waals surface area (Å²) in [6, 6.07) is 8.25. The van der Waals surface area contributed by atoms with Gasteiger partial charge in [-0.25, -0.2) is 0 Å². The van der Waals surface area contributed by atoms with Gasteiger partial charge in [0.2, 0.25) is 0 Å². The van der Waals surface area contributed by atoms with Gasteiger partial charge in [-0.15, -0.1) is 0 Å². The van der Waals surface area contributed by atoms with Crippen molar-refractivity contribution in [1.29, 1.82) is 0 Å². The lowest BCUT2D eigenvalue weighted by atomic mass is 9.70. The predicted octanol–water partition coefficient (Wildman–Crippen LogP) is 3.02. The first kappa shape index (κ1) is 13.3. The molecule has 1 fully saturated rings. The van der Waals surface area contributed by atoms with Crippen LogP contribution in [0.3, 0.4) is 0 Å². The third kappa shape index (κ3) is 2.81. The van der Waals surface area contributed by atoms with Crippen LogP contribution in [0.2, 0.25) is 0 Å². The van der Waals surface area contributed by atoms with Crippen molar-refractivity contribution in [2.24, 2.45) is 11.1 Å². The van der Waals surface area contributed by atoms with Crippen molar-refractivity contribution in [2.75, 3.05) is 6.54 Å². The van der Waals surface area contributed by atoms with Crippen LogP contribution in [0.25, 0.3) is 0 Å². The Morgan fingerprint density at radius 2 is 1.78 bits per heavy atom. The van der Waals surface area contributed by atoms with Gasteiger partial charge in [-0.05, 0) is 25.3 Å². The molecular weight excluding hydrogens is 222 g/mol. The van der Waals surface area contributed by atoms with Crippen LogP contribution in [-0.2, 0) is 11.2 Å². The van der Waals surface area contributed by atoms with Crippen molar-refractivity contribution in [3.8, 4) is 0 Å². The van der Waals surface area contributed by atoms with Gasteiger partial charge in [0.25, 0.3) is 0 Å². The van der Waals surface area contributed by atoms with Gasteiger partial charge in [0.05, 0.1) is 0 Å². The minimum Gasteiger partial charge on any atom is -0.329 e. The van der Waals surface area contributed by atoms with Crippen molar-refractivity contribution in [2.45, 2.75) is 45.4 Å². The Hall–Kier alpha value is -1.15. The molecule has 0 aromatic heterocycles. The number of ketones is 1. The lowest BCUT2D eigenvalue weighted by Gasteiger charge is -2.34. The summed E-state index contributed by atoms with van der Waals surface area (Å²) in [6.07, 6.45) is 6.05. The molecule has 0 radical (unpaired) electrons. The summed E-state index contributed by atoms with van der Waals surface area (Å²) in [5.74, 6) is 0.341. The number of rotatable bonds is 4. The Bertz CT molecular complexity index is 402. The lowest BCUT2D eigenvalue weighted by molar-refractivity contribution is -0.129. The van der Waals surface area contributed by atoms with Gasteiger partial charge in [-0.1, -0.05) is 49.1 Å². The summed E-state index contributed by atoms with van der Waals surface area (Å²) in [6.45, 7) is 2.58. The maximum absolute atomic E-state index is 12.5. The monoisotopic (exact) mass is 245 g/mol. The zero-order valence-corrected chi connectivity index (χ0v) is 11.2. The van der Waals surface area contributed by atoms with Crippen molar-refractivity contribution in [3.05, 3.63) is 35.4 Å². The van der Waals surface area contributed by atoms with E-state index in [2.05, 4.69) is 31.2 Å². The van der Waals surface area contributed by atoms with E-state index >= 15 is 0 Å². The van der Waals surface area contributed by atoms with Crippen LogP contribution < -0.4 is 5.73 Å². The third-order valence-corrected chi connectivity index (χ3v) is 4.28. The summed E-state index contributed by atoms with van der Waals surface area (Å²) >= 11 is 0. The fourth-order valence-corrected chi connectivity index (χ4v) is 2.90. The van der Waals surface area contributed by atoms with Gasteiger partial charge in [-0.3, -0.25) is 4.79 Å². The molecule has 98 valence electrons. The highest BCUT2D eigenvalue weighted by atomic mass is 16.1. The van der Waals surface area contributed by atoms with E-state index in [9.17, 15) is 4.79 Å². The van der Waals surface area contributed by atoms with Gasteiger partial charge in [0.1, 0.15) is 5.78 Å². The first-order valence-electron chi connectivity index (χ1n) is 6.95. The van der Waals surface area contributed by atoms with Gasteiger partial charge in [0.15, 0.2) is 0 Å². The smallest absolute Gasteiger partial charge is 0.144 e. The summed E-state index contributed by atoms with van der Waals surface area (Å²) in [4.78, 5) is 12.5. The summed E-state index contributed by atoms with van der Waals surface area (Å²) in [7, 11) is 0. The quantitative estimate of drug-likeness (QED) is 0.886. The van der Waals surface area contributed by atoms with Crippen LogP contribution in [0.5, 0.6) is 0 Å². The summed E-state index contributed by atoms with van der Waals surface area (Å²) in [5, 5.41) is 0. The van der Waals surface area contributed by atoms with Crippen molar-refractivity contribution in [1.82, 2.24) is 0 Å². The molecule has 1 saturated carbocycles. The summed E-state index contributed by atoms with van der Waals surface area (Å²) in [5.41, 5.74) is 8.01. The number of aryl methyl sites for hydroxylation is 1. The van der Waals surface area contributed by atoms with Crippen LogP contribution in [0, 0.1) is 12.3 Å². The Morgan fingerprint density at radius 1 is 1.17 bits per heavy atom. The molecule has 0 amide bonds. The van der Waals surface area contributed by atoms with Gasteiger partial charge in [0, 0.05) is 18.4 Å². The number of hydrogen-bond donors (Lipinski definition) is 1. The van der Waals surface area contributed by atoms with E-state index in [4.69, 9.17) is 5.73 Å². The molecule has 0 aliphatic heterocycles. The van der Waals surface area contributed by atoms with Crippen molar-refractivity contribution < 1.29 is 4.79 Å². The van der Waals surface area contributed by atoms with Crippen LogP contribution in [0.4, 0.5) is 0 Å². The maximum Gasteiger partial charge on any atom is 0.144 e. The Kier molecular flexibility index (Phi) is 4.18. The topological polar surface area (TPSA) is 43.1 Å². The van der Waals surface area contributed by atoms with Crippen LogP contribution in [0.1, 0.15) is 43.2 Å². The second-order valence-corrected chi connectivity index (χ2v) is 5.63. The molecule has 1 aliphatic carbocycles. The molecule has 2 nitrogen and oxygen atoms in total. The molecule has 0 heterocycles. The SMILES string of the molecule is Cc1ccc(CC(=O)C2(CN)CCCCC2)cc1. The second kappa shape index (κ2) is 5.66. The van der Waals surface area contributed by atoms with E-state index in [0.717, 1.165) is 31.2 Å². The Morgan fingerprint density at radius 3 is 2.33 bits per heavy atom. The minimum atomic E-state index is -0.233. The zero-order chi connectivity index (χ0) is 13.0. The largest absolute Gasteiger partial charge is 0.329 e. The average Bonchev–Trinajstić information content (AvgIpc) is 2.42. The predicted molar refractivity (Wildman–Crippen MR) is 74.5 cm³/mol. The molecule has 0 unspecified atom stereocenters. The van der Waals surface area contributed by atoms with Crippen molar-refractivity contribution >= 4 is 5.78 Å². The number of Topliss-reactive ketones (excluding diaryl/α,β-unsaturated/α-hetero) is 1. The normalized spacial score (nSPS) is 18.6. The molecule has 0 saturated heterocycles. The second-order valence-electron chi connectivity index (χ2n) is 5.63. The van der Waals surface area contributed by atoms with Gasteiger partial charge in [-0.2, -0.15) is 0 Å². The molecule has 1 aromatic rings. The van der Waals surface area contributed by atoms with Crippen LogP contribution in [-0.4, -0.2) is 12.3 Å². The van der Waals surface area contributed by atoms with E-state index in [-0.39, 0.29) is 5.41 Å². The molecule has 2 heteroatoms. The number of hydrogen-bond acceptors (Lipinski definition) is 2. The lowest BCUT2D eigenvalue weighted by Crippen LogP contribution is -2.41. The molecule has 1 aromatic carbocycles. The van der Waals surface area contributed by atoms with Gasteiger partial charge >= 0.3 is 0 Å². The van der Waals surface area contributed by atoms with E-state index in [1.54, 1.807) is 0 Å². The van der Waals surface area contributed by atoms with Crippen LogP contribution >= 0.6 is 0 Å². The summed E-state index contributed by atoms with van der Waals surface area (Å²) < 4.78 is 0. The molecule has 2 rings (SSSR count). The fourth-order valence-electron chi connectivity index (χ4n) is 2.90.